The summed E-state index contributed by atoms with van der Waals surface area (Å²) in [5, 5.41) is 2.90. The molecule has 6 heteroatoms. The second-order valence-electron chi connectivity index (χ2n) is 9.17. The number of hydrogen-bond acceptors (Lipinski definition) is 4. The monoisotopic (exact) mass is 422 g/mol. The quantitative estimate of drug-likeness (QED) is 0.513. The van der Waals surface area contributed by atoms with Crippen LogP contribution in [-0.2, 0) is 17.6 Å². The van der Waals surface area contributed by atoms with Crippen molar-refractivity contribution in [3.63, 3.8) is 0 Å². The van der Waals surface area contributed by atoms with Crippen molar-refractivity contribution in [2.75, 3.05) is 5.32 Å². The lowest BCUT2D eigenvalue weighted by molar-refractivity contribution is -0.116. The van der Waals surface area contributed by atoms with Gasteiger partial charge in [-0.2, -0.15) is 0 Å². The number of carbonyl (C=O) groups is 1. The van der Waals surface area contributed by atoms with Gasteiger partial charge in [-0.25, -0.2) is 9.97 Å². The minimum atomic E-state index is 0.0448. The molecule has 1 amide bonds. The molecular weight excluding hydrogens is 400 g/mol. The minimum Gasteiger partial charge on any atom is -0.489 e. The molecule has 2 aromatic heterocycles. The Labute approximate surface area is 185 Å². The summed E-state index contributed by atoms with van der Waals surface area (Å²) in [6.07, 6.45) is 4.04. The molecule has 3 atom stereocenters. The first-order valence-electron chi connectivity index (χ1n) is 11.2. The molecule has 0 bridgehead atoms. The third-order valence-corrected chi connectivity index (χ3v) is 7.03. The fourth-order valence-corrected chi connectivity index (χ4v) is 5.39. The number of benzene rings is 2. The lowest BCUT2D eigenvalue weighted by atomic mass is 9.94. The summed E-state index contributed by atoms with van der Waals surface area (Å²) in [5.41, 5.74) is 8.25. The molecule has 32 heavy (non-hydrogen) atoms. The highest BCUT2D eigenvalue weighted by molar-refractivity contribution is 5.93. The van der Waals surface area contributed by atoms with E-state index in [9.17, 15) is 4.79 Å². The highest BCUT2D eigenvalue weighted by Gasteiger charge is 2.60. The highest BCUT2D eigenvalue weighted by atomic mass is 16.5. The van der Waals surface area contributed by atoms with E-state index in [0.29, 0.717) is 18.2 Å². The van der Waals surface area contributed by atoms with Crippen molar-refractivity contribution in [1.29, 1.82) is 0 Å². The van der Waals surface area contributed by atoms with Gasteiger partial charge in [0, 0.05) is 24.1 Å². The predicted molar refractivity (Wildman–Crippen MR) is 121 cm³/mol. The number of rotatable bonds is 3. The van der Waals surface area contributed by atoms with Gasteiger partial charge in [-0.15, -0.1) is 0 Å². The third-order valence-electron chi connectivity index (χ3n) is 7.03. The molecule has 0 unspecified atom stereocenters. The molecule has 158 valence electrons. The van der Waals surface area contributed by atoms with Gasteiger partial charge in [0.1, 0.15) is 23.5 Å². The summed E-state index contributed by atoms with van der Waals surface area (Å²) < 4.78 is 6.26. The number of aryl methyl sites for hydroxylation is 1. The molecule has 0 radical (unpaired) electrons. The minimum absolute atomic E-state index is 0.0448. The van der Waals surface area contributed by atoms with E-state index in [4.69, 9.17) is 9.72 Å². The van der Waals surface area contributed by atoms with Gasteiger partial charge >= 0.3 is 0 Å². The summed E-state index contributed by atoms with van der Waals surface area (Å²) >= 11 is 0. The maximum absolute atomic E-state index is 11.7. The largest absolute Gasteiger partial charge is 0.489 e. The summed E-state index contributed by atoms with van der Waals surface area (Å²) in [7, 11) is 0. The first-order chi connectivity index (χ1) is 15.6. The lowest BCUT2D eigenvalue weighted by Gasteiger charge is -2.19. The fraction of sp³-hybridized carbons (Fsp3) is 0.269. The van der Waals surface area contributed by atoms with Crippen LogP contribution in [-0.4, -0.2) is 27.0 Å². The molecular formula is C26H22N4O2. The van der Waals surface area contributed by atoms with Crippen LogP contribution in [0.1, 0.15) is 51.9 Å². The Hall–Kier alpha value is -3.67. The summed E-state index contributed by atoms with van der Waals surface area (Å²) in [5.74, 6) is 3.42. The van der Waals surface area contributed by atoms with Gasteiger partial charge in [0.15, 0.2) is 0 Å². The standard InChI is InChI=1S/C26H22N4O2/c1-13-2-5-18-19(10-13)29-26(28-18)23-22-17-12-14(3-6-20(17)32-24(22)23)11-15-8-9-27-25-16(15)4-7-21(31)30-25/h2-3,5-6,8-10,12,22-24H,4,7,11H2,1H3,(H,28,29)(H,27,30,31)/t22-,23-,24-/m0/s1. The Kier molecular flexibility index (Phi) is 3.60. The molecule has 6 nitrogen and oxygen atoms in total. The maximum Gasteiger partial charge on any atom is 0.225 e. The zero-order chi connectivity index (χ0) is 21.4. The Morgan fingerprint density at radius 2 is 2.03 bits per heavy atom. The Morgan fingerprint density at radius 1 is 1.09 bits per heavy atom. The molecule has 3 aliphatic rings. The average molecular weight is 422 g/mol. The van der Waals surface area contributed by atoms with Crippen LogP contribution in [0.5, 0.6) is 5.75 Å². The van der Waals surface area contributed by atoms with E-state index in [1.54, 1.807) is 6.20 Å². The van der Waals surface area contributed by atoms with Gasteiger partial charge in [0.2, 0.25) is 5.91 Å². The number of fused-ring (bicyclic) bond motifs is 5. The highest BCUT2D eigenvalue weighted by Crippen LogP contribution is 2.62. The predicted octanol–water partition coefficient (Wildman–Crippen LogP) is 4.38. The van der Waals surface area contributed by atoms with Crippen molar-refractivity contribution >= 4 is 22.8 Å². The smallest absolute Gasteiger partial charge is 0.225 e. The van der Waals surface area contributed by atoms with Crippen LogP contribution in [0.15, 0.2) is 48.7 Å². The topological polar surface area (TPSA) is 79.9 Å². The summed E-state index contributed by atoms with van der Waals surface area (Å²) in [4.78, 5) is 24.4. The van der Waals surface area contributed by atoms with Crippen molar-refractivity contribution in [2.45, 2.75) is 44.1 Å². The first-order valence-corrected chi connectivity index (χ1v) is 11.2. The van der Waals surface area contributed by atoms with Crippen LogP contribution in [0.25, 0.3) is 11.0 Å². The van der Waals surface area contributed by atoms with Crippen molar-refractivity contribution in [2.24, 2.45) is 0 Å². The van der Waals surface area contributed by atoms with Crippen molar-refractivity contribution in [1.82, 2.24) is 15.0 Å². The number of anilines is 1. The van der Waals surface area contributed by atoms with E-state index < -0.39 is 0 Å². The van der Waals surface area contributed by atoms with Crippen molar-refractivity contribution in [3.8, 4) is 5.75 Å². The van der Waals surface area contributed by atoms with Crippen LogP contribution in [0.3, 0.4) is 0 Å². The molecule has 2 aliphatic heterocycles. The maximum atomic E-state index is 11.7. The number of pyridine rings is 1. The molecule has 2 N–H and O–H groups in total. The van der Waals surface area contributed by atoms with Gasteiger partial charge in [0.25, 0.3) is 0 Å². The number of nitrogens with zero attached hydrogens (tertiary/aromatic N) is 2. The zero-order valence-corrected chi connectivity index (χ0v) is 17.7. The lowest BCUT2D eigenvalue weighted by Crippen LogP contribution is -2.21. The molecule has 4 aromatic rings. The van der Waals surface area contributed by atoms with Crippen LogP contribution >= 0.6 is 0 Å². The number of aromatic amines is 1. The SMILES string of the molecule is Cc1ccc2nc([C@@H]3[C@H]4Oc5ccc(Cc6ccnc7c6CCC(=O)N7)cc5[C@H]43)[nH]c2c1. The molecule has 0 spiro atoms. The number of H-pyrrole nitrogens is 1. The van der Waals surface area contributed by atoms with E-state index in [-0.39, 0.29) is 17.9 Å². The number of ether oxygens (including phenoxy) is 1. The van der Waals surface area contributed by atoms with Crippen LogP contribution in [0.4, 0.5) is 5.82 Å². The number of imidazole rings is 1. The van der Waals surface area contributed by atoms with Crippen LogP contribution < -0.4 is 10.1 Å². The van der Waals surface area contributed by atoms with Gasteiger partial charge in [-0.05, 0) is 66.3 Å². The first kappa shape index (κ1) is 18.0. The van der Waals surface area contributed by atoms with E-state index >= 15 is 0 Å². The molecule has 1 fully saturated rings. The second-order valence-corrected chi connectivity index (χ2v) is 9.17. The molecule has 4 heterocycles. The average Bonchev–Trinajstić information content (AvgIpc) is 3.14. The zero-order valence-electron chi connectivity index (χ0n) is 17.7. The van der Waals surface area contributed by atoms with Crippen LogP contribution in [0.2, 0.25) is 0 Å². The van der Waals surface area contributed by atoms with Crippen molar-refractivity contribution in [3.05, 3.63) is 82.3 Å². The fourth-order valence-electron chi connectivity index (χ4n) is 5.39. The normalized spacial score (nSPS) is 22.7. The Morgan fingerprint density at radius 3 is 2.97 bits per heavy atom. The third kappa shape index (κ3) is 2.68. The summed E-state index contributed by atoms with van der Waals surface area (Å²) in [6, 6.07) is 14.9. The summed E-state index contributed by atoms with van der Waals surface area (Å²) in [6.45, 7) is 2.10. The second kappa shape index (κ2) is 6.42. The molecule has 2 aromatic carbocycles. The molecule has 7 rings (SSSR count). The van der Waals surface area contributed by atoms with E-state index in [1.165, 1.54) is 22.3 Å². The Bertz CT molecular complexity index is 1420. The van der Waals surface area contributed by atoms with E-state index in [0.717, 1.165) is 41.0 Å². The number of amides is 1. The number of carbonyl (C=O) groups excluding carboxylic acids is 1. The van der Waals surface area contributed by atoms with Gasteiger partial charge in [-0.3, -0.25) is 4.79 Å². The molecule has 1 aliphatic carbocycles. The molecule has 1 saturated carbocycles. The van der Waals surface area contributed by atoms with E-state index in [2.05, 4.69) is 64.7 Å². The van der Waals surface area contributed by atoms with Gasteiger partial charge in [-0.1, -0.05) is 18.2 Å². The van der Waals surface area contributed by atoms with Crippen LogP contribution in [0, 0.1) is 6.92 Å². The van der Waals surface area contributed by atoms with Crippen molar-refractivity contribution < 1.29 is 9.53 Å². The van der Waals surface area contributed by atoms with Gasteiger partial charge in [0.05, 0.1) is 17.0 Å². The number of nitrogens with one attached hydrogen (secondary N) is 2. The number of aromatic nitrogens is 3. The van der Waals surface area contributed by atoms with E-state index in [1.807, 2.05) is 0 Å². The Balaban J connectivity index is 1.18. The number of hydrogen-bond donors (Lipinski definition) is 2. The van der Waals surface area contributed by atoms with Gasteiger partial charge < -0.3 is 15.0 Å². The molecule has 0 saturated heterocycles.